The highest BCUT2D eigenvalue weighted by Crippen LogP contribution is 2.17. The van der Waals surface area contributed by atoms with Gasteiger partial charge >= 0.3 is 11.9 Å². The van der Waals surface area contributed by atoms with Gasteiger partial charge in [-0.1, -0.05) is 147 Å². The second-order valence-corrected chi connectivity index (χ2v) is 15.2. The third-order valence-electron chi connectivity index (χ3n) is 9.42. The van der Waals surface area contributed by atoms with Gasteiger partial charge in [0.05, 0.1) is 12.2 Å². The van der Waals surface area contributed by atoms with Crippen molar-refractivity contribution in [2.45, 2.75) is 213 Å². The van der Waals surface area contributed by atoms with E-state index in [9.17, 15) is 14.4 Å². The molecule has 0 aliphatic rings. The molecular weight excluding hydrogens is 761 g/mol. The van der Waals surface area contributed by atoms with Crippen molar-refractivity contribution < 1.29 is 31.7 Å². The van der Waals surface area contributed by atoms with Gasteiger partial charge in [-0.3, -0.25) is 17.4 Å². The fraction of sp³-hybridized carbons (Fsp3) is 0.875. The zero-order valence-electron chi connectivity index (χ0n) is 32.7. The van der Waals surface area contributed by atoms with E-state index < -0.39 is 11.7 Å². The van der Waals surface area contributed by atoms with Crippen LogP contribution in [0.3, 0.4) is 0 Å². The van der Waals surface area contributed by atoms with Gasteiger partial charge in [-0.15, -0.1) is 5.10 Å². The molecule has 0 aliphatic carbocycles. The van der Waals surface area contributed by atoms with Crippen LogP contribution in [0.2, 0.25) is 0 Å². The van der Waals surface area contributed by atoms with Crippen LogP contribution in [0, 0.1) is 0 Å². The maximum Gasteiger partial charge on any atom is 0.306 e. The van der Waals surface area contributed by atoms with E-state index in [1.165, 1.54) is 103 Å². The van der Waals surface area contributed by atoms with E-state index in [4.69, 9.17) is 17.3 Å². The van der Waals surface area contributed by atoms with E-state index in [-0.39, 0.29) is 44.1 Å². The highest BCUT2D eigenvalue weighted by atomic mass is 127. The predicted octanol–water partition coefficient (Wildman–Crippen LogP) is 10.8. The minimum Gasteiger partial charge on any atom is -0.462 e. The Hall–Kier alpha value is -1.60. The Morgan fingerprint density at radius 1 is 0.706 bits per heavy atom. The summed E-state index contributed by atoms with van der Waals surface area (Å²) in [5.74, 6) is -0.627. The van der Waals surface area contributed by atoms with Gasteiger partial charge in [0, 0.05) is 31.9 Å². The van der Waals surface area contributed by atoms with Crippen molar-refractivity contribution in [2.75, 3.05) is 13.4 Å². The molecule has 0 saturated heterocycles. The number of Topliss-reactive ketones (excluding diaryl/α,β-unsaturated/α-hetero) is 1. The predicted molar refractivity (Wildman–Crippen MR) is 211 cm³/mol. The van der Waals surface area contributed by atoms with Crippen molar-refractivity contribution in [3.8, 4) is 0 Å². The first-order chi connectivity index (χ1) is 24.7. The second-order valence-electron chi connectivity index (χ2n) is 14.6. The van der Waals surface area contributed by atoms with E-state index in [1.54, 1.807) is 47.7 Å². The Morgan fingerprint density at radius 3 is 1.67 bits per heavy atom. The SMILES string of the molecule is CCCCCCCCCCCCCC(=O)OCC(Cn1cc(CCC(=O)C(C)(C)OCOI)nn1)OC(=O)CCCCCCCCCCCCC. The van der Waals surface area contributed by atoms with Crippen molar-refractivity contribution in [3.05, 3.63) is 11.9 Å². The summed E-state index contributed by atoms with van der Waals surface area (Å²) < 4.78 is 23.4. The van der Waals surface area contributed by atoms with E-state index >= 15 is 0 Å². The highest BCUT2D eigenvalue weighted by Gasteiger charge is 2.28. The Bertz CT molecular complexity index is 1020. The highest BCUT2D eigenvalue weighted by molar-refractivity contribution is 14.1. The molecule has 0 saturated carbocycles. The molecule has 11 heteroatoms. The molecule has 0 aromatic carbocycles. The molecular formula is C40H72IN3O7. The maximum absolute atomic E-state index is 12.8. The topological polar surface area (TPSA) is 119 Å². The molecule has 1 heterocycles. The van der Waals surface area contributed by atoms with Crippen molar-refractivity contribution >= 4 is 40.7 Å². The van der Waals surface area contributed by atoms with Gasteiger partial charge in [-0.05, 0) is 26.7 Å². The van der Waals surface area contributed by atoms with Crippen molar-refractivity contribution in [2.24, 2.45) is 0 Å². The summed E-state index contributed by atoms with van der Waals surface area (Å²) >= 11 is 1.73. The van der Waals surface area contributed by atoms with Crippen LogP contribution in [0.1, 0.15) is 194 Å². The van der Waals surface area contributed by atoms with Gasteiger partial charge in [0.2, 0.25) is 0 Å². The van der Waals surface area contributed by atoms with Crippen LogP contribution in [-0.4, -0.2) is 57.8 Å². The molecule has 1 unspecified atom stereocenters. The quantitative estimate of drug-likeness (QED) is 0.0282. The third-order valence-corrected chi connectivity index (χ3v) is 9.67. The molecule has 0 amide bonds. The second kappa shape index (κ2) is 31.9. The van der Waals surface area contributed by atoms with Crippen LogP contribution in [0.5, 0.6) is 0 Å². The summed E-state index contributed by atoms with van der Waals surface area (Å²) in [6.07, 6.45) is 29.1. The molecule has 0 spiro atoms. The Balaban J connectivity index is 2.51. The number of ether oxygens (including phenoxy) is 3. The van der Waals surface area contributed by atoms with E-state index in [0.29, 0.717) is 25.0 Å². The number of ketones is 1. The van der Waals surface area contributed by atoms with Gasteiger partial charge in [0.25, 0.3) is 0 Å². The normalized spacial score (nSPS) is 12.3. The number of halogens is 1. The molecule has 10 nitrogen and oxygen atoms in total. The Morgan fingerprint density at radius 2 is 1.18 bits per heavy atom. The van der Waals surface area contributed by atoms with Gasteiger partial charge in [-0.2, -0.15) is 0 Å². The number of rotatable bonds is 36. The molecule has 0 bridgehead atoms. The molecule has 1 rings (SSSR count). The molecule has 0 fully saturated rings. The smallest absolute Gasteiger partial charge is 0.306 e. The number of nitrogens with zero attached hydrogens (tertiary/aromatic N) is 3. The number of esters is 2. The number of aryl methyl sites for hydroxylation is 1. The summed E-state index contributed by atoms with van der Waals surface area (Å²) in [5.41, 5.74) is -0.324. The first-order valence-electron chi connectivity index (χ1n) is 20.4. The standard InChI is InChI=1S/C40H72IN3O7/c1-5-7-9-11-13-15-17-19-21-23-25-27-38(46)48-33-36(51-39(47)28-26-24-22-20-18-16-14-12-10-8-6-2)32-44-31-35(42-43-44)29-30-37(45)40(3,4)49-34-50-41/h31,36H,5-30,32-34H2,1-4H3. The van der Waals surface area contributed by atoms with Gasteiger partial charge in [0.15, 0.2) is 18.7 Å². The number of carbonyl (C=O) groups is 3. The van der Waals surface area contributed by atoms with Crippen LogP contribution in [0.25, 0.3) is 0 Å². The minimum atomic E-state index is -0.966. The lowest BCUT2D eigenvalue weighted by molar-refractivity contribution is -0.160. The summed E-state index contributed by atoms with van der Waals surface area (Å²) in [6.45, 7) is 8.13. The molecule has 0 radical (unpaired) electrons. The van der Waals surface area contributed by atoms with E-state index in [1.807, 2.05) is 0 Å². The van der Waals surface area contributed by atoms with Crippen molar-refractivity contribution in [1.29, 1.82) is 0 Å². The minimum absolute atomic E-state index is 0.0265. The largest absolute Gasteiger partial charge is 0.462 e. The Labute approximate surface area is 324 Å². The van der Waals surface area contributed by atoms with Crippen molar-refractivity contribution in [1.82, 2.24) is 15.0 Å². The lowest BCUT2D eigenvalue weighted by Gasteiger charge is -2.22. The zero-order valence-corrected chi connectivity index (χ0v) is 34.9. The number of carbonyl (C=O) groups excluding carboxylic acids is 3. The molecule has 51 heavy (non-hydrogen) atoms. The summed E-state index contributed by atoms with van der Waals surface area (Å²) in [4.78, 5) is 38.1. The Kier molecular flexibility index (Phi) is 29.6. The van der Waals surface area contributed by atoms with Crippen LogP contribution < -0.4 is 0 Å². The van der Waals surface area contributed by atoms with Crippen molar-refractivity contribution in [3.63, 3.8) is 0 Å². The summed E-state index contributed by atoms with van der Waals surface area (Å²) in [6, 6.07) is 0. The summed E-state index contributed by atoms with van der Waals surface area (Å²) in [5, 5.41) is 8.40. The molecule has 1 atom stereocenters. The van der Waals surface area contributed by atoms with Gasteiger partial charge in [-0.25, -0.2) is 4.68 Å². The third kappa shape index (κ3) is 26.8. The average Bonchev–Trinajstić information content (AvgIpc) is 3.56. The number of unbranched alkanes of at least 4 members (excludes halogenated alkanes) is 20. The zero-order chi connectivity index (χ0) is 37.4. The fourth-order valence-electron chi connectivity index (χ4n) is 6.04. The lowest BCUT2D eigenvalue weighted by Crippen LogP contribution is -2.35. The van der Waals surface area contributed by atoms with E-state index in [2.05, 4.69) is 24.2 Å². The fourth-order valence-corrected chi connectivity index (χ4v) is 6.16. The van der Waals surface area contributed by atoms with Crippen LogP contribution in [0.15, 0.2) is 6.20 Å². The van der Waals surface area contributed by atoms with Crippen LogP contribution >= 0.6 is 23.0 Å². The van der Waals surface area contributed by atoms with Gasteiger partial charge in [0.1, 0.15) is 35.2 Å². The monoisotopic (exact) mass is 833 g/mol. The molecule has 1 aromatic rings. The lowest BCUT2D eigenvalue weighted by atomic mass is 9.99. The van der Waals surface area contributed by atoms with Crippen LogP contribution in [-0.2, 0) is 44.6 Å². The number of aromatic nitrogens is 3. The molecule has 1 aromatic heterocycles. The molecule has 0 aliphatic heterocycles. The maximum atomic E-state index is 12.8. The van der Waals surface area contributed by atoms with Gasteiger partial charge < -0.3 is 14.2 Å². The summed E-state index contributed by atoms with van der Waals surface area (Å²) in [7, 11) is 0. The molecule has 296 valence electrons. The van der Waals surface area contributed by atoms with E-state index in [0.717, 1.165) is 38.5 Å². The first kappa shape index (κ1) is 47.4. The van der Waals surface area contributed by atoms with Crippen LogP contribution in [0.4, 0.5) is 0 Å². The first-order valence-corrected chi connectivity index (χ1v) is 21.2. The average molecular weight is 834 g/mol. The number of hydrogen-bond acceptors (Lipinski definition) is 9. The molecule has 0 N–H and O–H groups in total. The number of hydrogen-bond donors (Lipinski definition) is 0.